The first-order chi connectivity index (χ1) is 14.1. The molecule has 2 amide bonds. The summed E-state index contributed by atoms with van der Waals surface area (Å²) in [5.41, 5.74) is 2.15. The quantitative estimate of drug-likeness (QED) is 0.434. The number of anilines is 1. The minimum atomic E-state index is -0.436. The highest BCUT2D eigenvalue weighted by atomic mass is 35.5. The van der Waals surface area contributed by atoms with Gasteiger partial charge in [-0.1, -0.05) is 72.3 Å². The van der Waals surface area contributed by atoms with Crippen LogP contribution in [0.1, 0.15) is 15.9 Å². The lowest BCUT2D eigenvalue weighted by Gasteiger charge is -2.10. The highest BCUT2D eigenvalue weighted by Gasteiger charge is 2.14. The number of carbonyl (C=O) groups excluding carboxylic acids is 2. The highest BCUT2D eigenvalue weighted by molar-refractivity contribution is 6.30. The molecule has 0 aliphatic carbocycles. The van der Waals surface area contributed by atoms with Gasteiger partial charge in [0.2, 0.25) is 0 Å². The number of rotatable bonds is 6. The molecule has 0 spiro atoms. The number of nitrogens with one attached hydrogen (secondary N) is 2. The van der Waals surface area contributed by atoms with Gasteiger partial charge in [0.1, 0.15) is 5.70 Å². The maximum Gasteiger partial charge on any atom is 0.272 e. The summed E-state index contributed by atoms with van der Waals surface area (Å²) in [6.07, 6.45) is 5.14. The molecule has 0 saturated carbocycles. The number of amides is 2. The molecular formula is C24H19ClN2O2. The lowest BCUT2D eigenvalue weighted by Crippen LogP contribution is -2.30. The van der Waals surface area contributed by atoms with Crippen LogP contribution < -0.4 is 10.6 Å². The van der Waals surface area contributed by atoms with E-state index in [1.807, 2.05) is 42.5 Å². The SMILES string of the molecule is O=C(Nc1ccc(Cl)cc1)C(=CC=Cc1ccccc1)NC(=O)c1ccccc1. The molecule has 0 saturated heterocycles. The summed E-state index contributed by atoms with van der Waals surface area (Å²) in [6.45, 7) is 0. The second-order valence-corrected chi connectivity index (χ2v) is 6.57. The van der Waals surface area contributed by atoms with E-state index in [0.717, 1.165) is 5.56 Å². The molecule has 0 radical (unpaired) electrons. The predicted molar refractivity (Wildman–Crippen MR) is 118 cm³/mol. The molecular weight excluding hydrogens is 384 g/mol. The number of hydrogen-bond acceptors (Lipinski definition) is 2. The van der Waals surface area contributed by atoms with Crippen LogP contribution in [0, 0.1) is 0 Å². The van der Waals surface area contributed by atoms with Crippen molar-refractivity contribution in [3.05, 3.63) is 119 Å². The van der Waals surface area contributed by atoms with E-state index >= 15 is 0 Å². The zero-order valence-electron chi connectivity index (χ0n) is 15.5. The van der Waals surface area contributed by atoms with Crippen LogP contribution in [0.25, 0.3) is 6.08 Å². The van der Waals surface area contributed by atoms with Crippen molar-refractivity contribution >= 4 is 35.2 Å². The largest absolute Gasteiger partial charge is 0.321 e. The fraction of sp³-hybridized carbons (Fsp3) is 0. The Kier molecular flexibility index (Phi) is 6.98. The molecule has 0 aliphatic heterocycles. The summed E-state index contributed by atoms with van der Waals surface area (Å²) >= 11 is 5.88. The van der Waals surface area contributed by atoms with Crippen molar-refractivity contribution in [1.82, 2.24) is 5.32 Å². The molecule has 0 heterocycles. The first kappa shape index (κ1) is 20.1. The van der Waals surface area contributed by atoms with E-state index in [1.54, 1.807) is 60.7 Å². The van der Waals surface area contributed by atoms with Crippen LogP contribution in [0.3, 0.4) is 0 Å². The zero-order chi connectivity index (χ0) is 20.5. The Morgan fingerprint density at radius 3 is 2.07 bits per heavy atom. The highest BCUT2D eigenvalue weighted by Crippen LogP contribution is 2.14. The van der Waals surface area contributed by atoms with Crippen LogP contribution in [0.15, 0.2) is 103 Å². The Morgan fingerprint density at radius 1 is 0.793 bits per heavy atom. The van der Waals surface area contributed by atoms with Gasteiger partial charge in [-0.25, -0.2) is 0 Å². The number of halogens is 1. The fourth-order valence-electron chi connectivity index (χ4n) is 2.51. The van der Waals surface area contributed by atoms with Gasteiger partial charge in [0, 0.05) is 16.3 Å². The van der Waals surface area contributed by atoms with Gasteiger partial charge in [-0.05, 0) is 48.0 Å². The second-order valence-electron chi connectivity index (χ2n) is 6.13. The molecule has 0 fully saturated rings. The normalized spacial score (nSPS) is 11.3. The molecule has 29 heavy (non-hydrogen) atoms. The molecule has 3 rings (SSSR count). The summed E-state index contributed by atoms with van der Waals surface area (Å²) in [5.74, 6) is -0.800. The van der Waals surface area contributed by atoms with E-state index in [0.29, 0.717) is 16.3 Å². The van der Waals surface area contributed by atoms with Crippen LogP contribution >= 0.6 is 11.6 Å². The van der Waals surface area contributed by atoms with Crippen LogP contribution in [0.5, 0.6) is 0 Å². The van der Waals surface area contributed by atoms with Crippen LogP contribution in [-0.2, 0) is 4.79 Å². The molecule has 5 heteroatoms. The number of benzene rings is 3. The van der Waals surface area contributed by atoms with Crippen molar-refractivity contribution < 1.29 is 9.59 Å². The van der Waals surface area contributed by atoms with E-state index in [1.165, 1.54) is 0 Å². The molecule has 0 aromatic heterocycles. The van der Waals surface area contributed by atoms with E-state index in [2.05, 4.69) is 10.6 Å². The fourth-order valence-corrected chi connectivity index (χ4v) is 2.64. The van der Waals surface area contributed by atoms with Gasteiger partial charge >= 0.3 is 0 Å². The lowest BCUT2D eigenvalue weighted by atomic mass is 10.2. The van der Waals surface area contributed by atoms with E-state index in [9.17, 15) is 9.59 Å². The van der Waals surface area contributed by atoms with E-state index in [-0.39, 0.29) is 11.6 Å². The summed E-state index contributed by atoms with van der Waals surface area (Å²) in [7, 11) is 0. The lowest BCUT2D eigenvalue weighted by molar-refractivity contribution is -0.113. The molecule has 3 aromatic rings. The Hall–Kier alpha value is -3.63. The van der Waals surface area contributed by atoms with Crippen molar-refractivity contribution in [3.63, 3.8) is 0 Å². The first-order valence-electron chi connectivity index (χ1n) is 8.98. The van der Waals surface area contributed by atoms with E-state index in [4.69, 9.17) is 11.6 Å². The molecule has 144 valence electrons. The molecule has 0 atom stereocenters. The van der Waals surface area contributed by atoms with Gasteiger partial charge in [0.25, 0.3) is 11.8 Å². The second kappa shape index (κ2) is 10.1. The van der Waals surface area contributed by atoms with Crippen molar-refractivity contribution in [2.45, 2.75) is 0 Å². The van der Waals surface area contributed by atoms with Gasteiger partial charge in [-0.15, -0.1) is 0 Å². The van der Waals surface area contributed by atoms with Crippen LogP contribution in [0.2, 0.25) is 5.02 Å². The Labute approximate surface area is 174 Å². The van der Waals surface area contributed by atoms with Crippen LogP contribution in [0.4, 0.5) is 5.69 Å². The van der Waals surface area contributed by atoms with Crippen LogP contribution in [-0.4, -0.2) is 11.8 Å². The van der Waals surface area contributed by atoms with Crippen molar-refractivity contribution in [2.24, 2.45) is 0 Å². The van der Waals surface area contributed by atoms with Gasteiger partial charge < -0.3 is 10.6 Å². The molecule has 2 N–H and O–H groups in total. The molecule has 4 nitrogen and oxygen atoms in total. The van der Waals surface area contributed by atoms with Crippen molar-refractivity contribution in [2.75, 3.05) is 5.32 Å². The summed E-state index contributed by atoms with van der Waals surface area (Å²) < 4.78 is 0. The van der Waals surface area contributed by atoms with Gasteiger partial charge in [0.05, 0.1) is 0 Å². The standard InChI is InChI=1S/C24H19ClN2O2/c25-20-14-16-21(17-15-20)26-24(29)22(13-7-10-18-8-3-1-4-9-18)27-23(28)19-11-5-2-6-12-19/h1-17H,(H,26,29)(H,27,28). The maximum atomic E-state index is 12.7. The number of carbonyl (C=O) groups is 2. The summed E-state index contributed by atoms with van der Waals surface area (Å²) in [6, 6.07) is 25.1. The predicted octanol–water partition coefficient (Wildman–Crippen LogP) is 5.31. The Bertz CT molecular complexity index is 1030. The van der Waals surface area contributed by atoms with E-state index < -0.39 is 5.91 Å². The van der Waals surface area contributed by atoms with Gasteiger partial charge in [-0.2, -0.15) is 0 Å². The average molecular weight is 403 g/mol. The minimum absolute atomic E-state index is 0.126. The Balaban J connectivity index is 1.80. The average Bonchev–Trinajstić information content (AvgIpc) is 2.76. The monoisotopic (exact) mass is 402 g/mol. The molecule has 3 aromatic carbocycles. The number of allylic oxidation sites excluding steroid dienone is 2. The third-order valence-corrected chi connectivity index (χ3v) is 4.23. The topological polar surface area (TPSA) is 58.2 Å². The molecule has 0 bridgehead atoms. The maximum absolute atomic E-state index is 12.7. The smallest absolute Gasteiger partial charge is 0.272 e. The molecule has 0 unspecified atom stereocenters. The summed E-state index contributed by atoms with van der Waals surface area (Å²) in [5, 5.41) is 6.02. The van der Waals surface area contributed by atoms with Gasteiger partial charge in [-0.3, -0.25) is 9.59 Å². The van der Waals surface area contributed by atoms with Crippen molar-refractivity contribution in [1.29, 1.82) is 0 Å². The number of hydrogen-bond donors (Lipinski definition) is 2. The third-order valence-electron chi connectivity index (χ3n) is 3.98. The summed E-state index contributed by atoms with van der Waals surface area (Å²) in [4.78, 5) is 25.3. The van der Waals surface area contributed by atoms with Gasteiger partial charge in [0.15, 0.2) is 0 Å². The zero-order valence-corrected chi connectivity index (χ0v) is 16.3. The minimum Gasteiger partial charge on any atom is -0.321 e. The molecule has 0 aliphatic rings. The van der Waals surface area contributed by atoms with Crippen molar-refractivity contribution in [3.8, 4) is 0 Å². The first-order valence-corrected chi connectivity index (χ1v) is 9.36. The Morgan fingerprint density at radius 2 is 1.41 bits per heavy atom. The third kappa shape index (κ3) is 6.19.